The van der Waals surface area contributed by atoms with Gasteiger partial charge >= 0.3 is 6.18 Å². The van der Waals surface area contributed by atoms with Gasteiger partial charge in [-0.2, -0.15) is 13.2 Å². The summed E-state index contributed by atoms with van der Waals surface area (Å²) in [6.45, 7) is 1.81. The van der Waals surface area contributed by atoms with Crippen molar-refractivity contribution in [3.8, 4) is 0 Å². The van der Waals surface area contributed by atoms with E-state index in [4.69, 9.17) is 28.9 Å². The van der Waals surface area contributed by atoms with E-state index in [-0.39, 0.29) is 10.8 Å². The standard InChI is InChI=1S/C18H17Cl2F3N4O/c19-13-3-1-11(2-4-13)15(16(24)28)26-5-7-27(8-6-26)17-14(20)9-12(10-25-17)18(21,22)23/h1-4,9-10,15H,5-8H2,(H2,24,28)/t15-/m0/s1. The quantitative estimate of drug-likeness (QED) is 0.798. The van der Waals surface area contributed by atoms with Gasteiger partial charge in [0, 0.05) is 37.4 Å². The molecular weight excluding hydrogens is 416 g/mol. The number of hydrogen-bond donors (Lipinski definition) is 1. The third kappa shape index (κ3) is 4.51. The lowest BCUT2D eigenvalue weighted by Crippen LogP contribution is -2.50. The van der Waals surface area contributed by atoms with Crippen molar-refractivity contribution >= 4 is 34.9 Å². The van der Waals surface area contributed by atoms with Crippen molar-refractivity contribution in [3.05, 3.63) is 57.7 Å². The van der Waals surface area contributed by atoms with Gasteiger partial charge in [-0.3, -0.25) is 9.69 Å². The maximum atomic E-state index is 12.8. The number of nitrogens with zero attached hydrogens (tertiary/aromatic N) is 3. The van der Waals surface area contributed by atoms with Gasteiger partial charge in [0.15, 0.2) is 0 Å². The van der Waals surface area contributed by atoms with Crippen LogP contribution in [0.4, 0.5) is 19.0 Å². The van der Waals surface area contributed by atoms with E-state index in [1.807, 2.05) is 4.90 Å². The first kappa shape index (κ1) is 20.7. The summed E-state index contributed by atoms with van der Waals surface area (Å²) >= 11 is 11.9. The highest BCUT2D eigenvalue weighted by Crippen LogP contribution is 2.34. The van der Waals surface area contributed by atoms with Crippen molar-refractivity contribution in [2.45, 2.75) is 12.2 Å². The summed E-state index contributed by atoms with van der Waals surface area (Å²) in [5, 5.41) is 0.493. The van der Waals surface area contributed by atoms with Crippen molar-refractivity contribution in [1.82, 2.24) is 9.88 Å². The first-order valence-electron chi connectivity index (χ1n) is 8.43. The number of piperazine rings is 1. The zero-order chi connectivity index (χ0) is 20.5. The fourth-order valence-corrected chi connectivity index (χ4v) is 3.62. The molecule has 5 nitrogen and oxygen atoms in total. The van der Waals surface area contributed by atoms with E-state index in [0.29, 0.717) is 31.2 Å². The van der Waals surface area contributed by atoms with Gasteiger partial charge in [-0.15, -0.1) is 0 Å². The fraction of sp³-hybridized carbons (Fsp3) is 0.333. The van der Waals surface area contributed by atoms with Gasteiger partial charge in [-0.25, -0.2) is 4.98 Å². The van der Waals surface area contributed by atoms with Crippen LogP contribution in [-0.4, -0.2) is 42.0 Å². The van der Waals surface area contributed by atoms with Gasteiger partial charge < -0.3 is 10.6 Å². The minimum absolute atomic E-state index is 0.0626. The van der Waals surface area contributed by atoms with Crippen molar-refractivity contribution in [3.63, 3.8) is 0 Å². The second kappa shape index (κ2) is 8.14. The Morgan fingerprint density at radius 3 is 2.21 bits per heavy atom. The maximum absolute atomic E-state index is 12.8. The fourth-order valence-electron chi connectivity index (χ4n) is 3.21. The number of carbonyl (C=O) groups excluding carboxylic acids is 1. The minimum Gasteiger partial charge on any atom is -0.368 e. The Labute approximate surface area is 169 Å². The highest BCUT2D eigenvalue weighted by molar-refractivity contribution is 6.33. The molecule has 1 atom stereocenters. The number of halogens is 5. The molecular formula is C18H17Cl2F3N4O. The topological polar surface area (TPSA) is 62.5 Å². The Bertz CT molecular complexity index is 853. The van der Waals surface area contributed by atoms with E-state index < -0.39 is 23.7 Å². The number of alkyl halides is 3. The molecule has 1 aromatic carbocycles. The molecule has 0 aliphatic carbocycles. The van der Waals surface area contributed by atoms with E-state index >= 15 is 0 Å². The summed E-state index contributed by atoms with van der Waals surface area (Å²) in [4.78, 5) is 19.6. The maximum Gasteiger partial charge on any atom is 0.417 e. The summed E-state index contributed by atoms with van der Waals surface area (Å²) in [6.07, 6.45) is -3.73. The lowest BCUT2D eigenvalue weighted by Gasteiger charge is -2.39. The van der Waals surface area contributed by atoms with Crippen LogP contribution in [0.1, 0.15) is 17.2 Å². The average molecular weight is 433 g/mol. The van der Waals surface area contributed by atoms with Gasteiger partial charge in [0.25, 0.3) is 0 Å². The number of primary amides is 1. The van der Waals surface area contributed by atoms with Gasteiger partial charge in [0.2, 0.25) is 5.91 Å². The molecule has 0 saturated carbocycles. The molecule has 1 aliphatic rings. The zero-order valence-electron chi connectivity index (χ0n) is 14.6. The number of amides is 1. The van der Waals surface area contributed by atoms with Crippen molar-refractivity contribution < 1.29 is 18.0 Å². The van der Waals surface area contributed by atoms with E-state index in [1.165, 1.54) is 0 Å². The molecule has 1 aliphatic heterocycles. The molecule has 1 saturated heterocycles. The molecule has 0 bridgehead atoms. The SMILES string of the molecule is NC(=O)[C@H](c1ccc(Cl)cc1)N1CCN(c2ncc(C(F)(F)F)cc2Cl)CC1. The number of pyridine rings is 1. The van der Waals surface area contributed by atoms with E-state index in [2.05, 4.69) is 4.98 Å². The highest BCUT2D eigenvalue weighted by atomic mass is 35.5. The van der Waals surface area contributed by atoms with Crippen molar-refractivity contribution in [2.75, 3.05) is 31.1 Å². The molecule has 2 N–H and O–H groups in total. The number of aromatic nitrogens is 1. The lowest BCUT2D eigenvalue weighted by atomic mass is 10.0. The van der Waals surface area contributed by atoms with Crippen LogP contribution in [0.15, 0.2) is 36.5 Å². The van der Waals surface area contributed by atoms with Crippen LogP contribution in [-0.2, 0) is 11.0 Å². The number of anilines is 1. The number of benzene rings is 1. The molecule has 1 fully saturated rings. The van der Waals surface area contributed by atoms with Crippen LogP contribution in [0.5, 0.6) is 0 Å². The van der Waals surface area contributed by atoms with Crippen LogP contribution < -0.4 is 10.6 Å². The Morgan fingerprint density at radius 1 is 1.11 bits per heavy atom. The molecule has 1 amide bonds. The number of carbonyl (C=O) groups is 1. The summed E-state index contributed by atoms with van der Waals surface area (Å²) in [6, 6.07) is 7.13. The monoisotopic (exact) mass is 432 g/mol. The number of hydrogen-bond acceptors (Lipinski definition) is 4. The molecule has 0 unspecified atom stereocenters. The molecule has 3 rings (SSSR count). The summed E-state index contributed by atoms with van der Waals surface area (Å²) < 4.78 is 38.3. The van der Waals surface area contributed by atoms with Crippen LogP contribution >= 0.6 is 23.2 Å². The summed E-state index contributed by atoms with van der Waals surface area (Å²) in [5.74, 6) is -0.196. The van der Waals surface area contributed by atoms with Gasteiger partial charge in [-0.1, -0.05) is 35.3 Å². The third-order valence-corrected chi connectivity index (χ3v) is 5.11. The van der Waals surface area contributed by atoms with Crippen LogP contribution in [0.2, 0.25) is 10.0 Å². The van der Waals surface area contributed by atoms with Crippen LogP contribution in [0.3, 0.4) is 0 Å². The normalized spacial score (nSPS) is 16.8. The molecule has 28 heavy (non-hydrogen) atoms. The summed E-state index contributed by atoms with van der Waals surface area (Å²) in [5.41, 5.74) is 5.44. The largest absolute Gasteiger partial charge is 0.417 e. The molecule has 0 radical (unpaired) electrons. The molecule has 10 heteroatoms. The van der Waals surface area contributed by atoms with Gasteiger partial charge in [0.1, 0.15) is 11.9 Å². The van der Waals surface area contributed by atoms with Gasteiger partial charge in [0.05, 0.1) is 10.6 Å². The first-order chi connectivity index (χ1) is 13.2. The molecule has 2 aromatic rings. The molecule has 150 valence electrons. The predicted octanol–water partition coefficient (Wildman–Crippen LogP) is 3.76. The van der Waals surface area contributed by atoms with Crippen LogP contribution in [0.25, 0.3) is 0 Å². The zero-order valence-corrected chi connectivity index (χ0v) is 16.1. The van der Waals surface area contributed by atoms with Gasteiger partial charge in [-0.05, 0) is 23.8 Å². The van der Waals surface area contributed by atoms with E-state index in [1.54, 1.807) is 29.2 Å². The third-order valence-electron chi connectivity index (χ3n) is 4.58. The molecule has 2 heterocycles. The van der Waals surface area contributed by atoms with Crippen LogP contribution in [0, 0.1) is 0 Å². The van der Waals surface area contributed by atoms with E-state index in [9.17, 15) is 18.0 Å². The Balaban J connectivity index is 1.73. The summed E-state index contributed by atoms with van der Waals surface area (Å²) in [7, 11) is 0. The lowest BCUT2D eigenvalue weighted by molar-refractivity contribution is -0.137. The van der Waals surface area contributed by atoms with Crippen molar-refractivity contribution in [1.29, 1.82) is 0 Å². The van der Waals surface area contributed by atoms with Crippen molar-refractivity contribution in [2.24, 2.45) is 5.73 Å². The van der Waals surface area contributed by atoms with E-state index in [0.717, 1.165) is 17.8 Å². The Morgan fingerprint density at radius 2 is 1.71 bits per heavy atom. The first-order valence-corrected chi connectivity index (χ1v) is 9.19. The average Bonchev–Trinajstić information content (AvgIpc) is 2.63. The predicted molar refractivity (Wildman–Crippen MR) is 101 cm³/mol. The number of nitrogens with two attached hydrogens (primary N) is 1. The minimum atomic E-state index is -4.50. The smallest absolute Gasteiger partial charge is 0.368 e. The molecule has 1 aromatic heterocycles. The number of rotatable bonds is 4. The second-order valence-corrected chi connectivity index (χ2v) is 7.25. The Kier molecular flexibility index (Phi) is 6.02. The highest BCUT2D eigenvalue weighted by Gasteiger charge is 2.33. The second-order valence-electron chi connectivity index (χ2n) is 6.41. The molecule has 0 spiro atoms. The Hall–Kier alpha value is -2.03.